The Hall–Kier alpha value is -0.880. The molecule has 1 aromatic rings. The van der Waals surface area contributed by atoms with Crippen molar-refractivity contribution in [3.63, 3.8) is 0 Å². The van der Waals surface area contributed by atoms with E-state index >= 15 is 0 Å². The fourth-order valence-corrected chi connectivity index (χ4v) is 2.56. The van der Waals surface area contributed by atoms with Gasteiger partial charge in [-0.3, -0.25) is 4.90 Å². The molecule has 2 nitrogen and oxygen atoms in total. The zero-order chi connectivity index (χ0) is 13.9. The van der Waals surface area contributed by atoms with Crippen LogP contribution in [-0.4, -0.2) is 28.7 Å². The summed E-state index contributed by atoms with van der Waals surface area (Å²) in [6, 6.07) is 7.95. The summed E-state index contributed by atoms with van der Waals surface area (Å²) in [5, 5.41) is 0. The van der Waals surface area contributed by atoms with Crippen LogP contribution in [-0.2, 0) is 6.54 Å². The number of hydrogen-bond acceptors (Lipinski definition) is 3. The van der Waals surface area contributed by atoms with Gasteiger partial charge in [-0.05, 0) is 36.2 Å². The second kappa shape index (κ2) is 6.05. The molecule has 2 N–H and O–H groups in total. The predicted octanol–water partition coefficient (Wildman–Crippen LogP) is 3.49. The first kappa shape index (κ1) is 14.5. The highest BCUT2D eigenvalue weighted by Gasteiger charge is 2.31. The van der Waals surface area contributed by atoms with Gasteiger partial charge in [0.1, 0.15) is 0 Å². The van der Waals surface area contributed by atoms with E-state index in [4.69, 9.17) is 5.73 Å². The van der Waals surface area contributed by atoms with E-state index in [0.717, 1.165) is 18.4 Å². The molecular weight excluding hydrogens is 273 g/mol. The van der Waals surface area contributed by atoms with Gasteiger partial charge < -0.3 is 5.73 Å². The maximum Gasteiger partial charge on any atom is 0.441 e. The largest absolute Gasteiger partial charge is 0.441 e. The zero-order valence-corrected chi connectivity index (χ0v) is 11.3. The molecule has 106 valence electrons. The number of para-hydroxylation sites is 1. The summed E-state index contributed by atoms with van der Waals surface area (Å²) in [6.07, 6.45) is 2.15. The van der Waals surface area contributed by atoms with Crippen molar-refractivity contribution in [3.05, 3.63) is 29.8 Å². The number of rotatable bonds is 6. The molecule has 0 spiro atoms. The first-order valence-electron chi connectivity index (χ1n) is 6.24. The Morgan fingerprint density at radius 3 is 2.53 bits per heavy atom. The molecule has 0 heterocycles. The van der Waals surface area contributed by atoms with Gasteiger partial charge >= 0.3 is 5.51 Å². The monoisotopic (exact) mass is 290 g/mol. The lowest BCUT2D eigenvalue weighted by Crippen LogP contribution is -2.29. The fourth-order valence-electron chi connectivity index (χ4n) is 2.01. The highest BCUT2D eigenvalue weighted by molar-refractivity contribution is 8.00. The molecule has 0 aliphatic heterocycles. The third kappa shape index (κ3) is 4.95. The van der Waals surface area contributed by atoms with Crippen LogP contribution in [0.1, 0.15) is 18.4 Å². The van der Waals surface area contributed by atoms with E-state index in [-0.39, 0.29) is 17.5 Å². The lowest BCUT2D eigenvalue weighted by atomic mass is 10.1. The van der Waals surface area contributed by atoms with Gasteiger partial charge in [-0.15, -0.1) is 0 Å². The standard InChI is InChI=1S/C13H17F3N2S/c14-13(15,16)19-8-7-18(11-5-6-11)9-10-3-1-2-4-12(10)17/h1-4,11H,5-9,17H2. The topological polar surface area (TPSA) is 29.3 Å². The molecule has 19 heavy (non-hydrogen) atoms. The quantitative estimate of drug-likeness (QED) is 0.813. The molecule has 1 fully saturated rings. The molecule has 1 aliphatic carbocycles. The van der Waals surface area contributed by atoms with Crippen LogP contribution in [0, 0.1) is 0 Å². The number of nitrogens with two attached hydrogens (primary N) is 1. The average Bonchev–Trinajstić information content (AvgIpc) is 3.13. The number of anilines is 1. The lowest BCUT2D eigenvalue weighted by Gasteiger charge is -2.22. The fraction of sp³-hybridized carbons (Fsp3) is 0.538. The summed E-state index contributed by atoms with van der Waals surface area (Å²) in [5.41, 5.74) is 3.43. The molecule has 0 atom stereocenters. The second-order valence-electron chi connectivity index (χ2n) is 4.69. The van der Waals surface area contributed by atoms with E-state index < -0.39 is 5.51 Å². The summed E-state index contributed by atoms with van der Waals surface area (Å²) >= 11 is 0.0489. The zero-order valence-electron chi connectivity index (χ0n) is 10.5. The van der Waals surface area contributed by atoms with E-state index in [0.29, 0.717) is 24.8 Å². The Morgan fingerprint density at radius 2 is 1.95 bits per heavy atom. The number of nitrogens with zero attached hydrogens (tertiary/aromatic N) is 1. The predicted molar refractivity (Wildman–Crippen MR) is 72.8 cm³/mol. The van der Waals surface area contributed by atoms with Gasteiger partial charge in [0.2, 0.25) is 0 Å². The van der Waals surface area contributed by atoms with Crippen molar-refractivity contribution in [2.75, 3.05) is 18.0 Å². The Balaban J connectivity index is 1.88. The number of hydrogen-bond donors (Lipinski definition) is 1. The third-order valence-corrected chi connectivity index (χ3v) is 3.85. The van der Waals surface area contributed by atoms with Crippen molar-refractivity contribution in [2.45, 2.75) is 30.9 Å². The molecule has 2 rings (SSSR count). The molecule has 1 aromatic carbocycles. The van der Waals surface area contributed by atoms with Crippen molar-refractivity contribution >= 4 is 17.4 Å². The Morgan fingerprint density at radius 1 is 1.26 bits per heavy atom. The summed E-state index contributed by atoms with van der Waals surface area (Å²) in [4.78, 5) is 2.10. The minimum Gasteiger partial charge on any atom is -0.398 e. The summed E-state index contributed by atoms with van der Waals surface area (Å²) in [6.45, 7) is 1.08. The number of thioether (sulfide) groups is 1. The van der Waals surface area contributed by atoms with Crippen molar-refractivity contribution in [3.8, 4) is 0 Å². The van der Waals surface area contributed by atoms with Crippen LogP contribution in [0.2, 0.25) is 0 Å². The summed E-state index contributed by atoms with van der Waals surface area (Å²) in [7, 11) is 0. The maximum atomic E-state index is 12.1. The number of benzene rings is 1. The molecule has 1 saturated carbocycles. The minimum absolute atomic E-state index is 0.0489. The summed E-state index contributed by atoms with van der Waals surface area (Å²) < 4.78 is 36.4. The van der Waals surface area contributed by atoms with Crippen LogP contribution in [0.4, 0.5) is 18.9 Å². The minimum atomic E-state index is -4.14. The smallest absolute Gasteiger partial charge is 0.398 e. The third-order valence-electron chi connectivity index (χ3n) is 3.14. The number of alkyl halides is 3. The van der Waals surface area contributed by atoms with Crippen molar-refractivity contribution < 1.29 is 13.2 Å². The van der Waals surface area contributed by atoms with Crippen molar-refractivity contribution in [2.24, 2.45) is 0 Å². The Bertz CT molecular complexity index is 419. The van der Waals surface area contributed by atoms with Crippen molar-refractivity contribution in [1.82, 2.24) is 4.90 Å². The van der Waals surface area contributed by atoms with Gasteiger partial charge in [0.05, 0.1) is 0 Å². The molecule has 0 amide bonds. The van der Waals surface area contributed by atoms with Crippen molar-refractivity contribution in [1.29, 1.82) is 0 Å². The Kier molecular flexibility index (Phi) is 4.62. The molecular formula is C13H17F3N2S. The normalized spacial score (nSPS) is 16.0. The first-order chi connectivity index (χ1) is 8.96. The maximum absolute atomic E-state index is 12.1. The highest BCUT2D eigenvalue weighted by atomic mass is 32.2. The SMILES string of the molecule is Nc1ccccc1CN(CCSC(F)(F)F)C1CC1. The van der Waals surface area contributed by atoms with E-state index in [1.807, 2.05) is 24.3 Å². The van der Waals surface area contributed by atoms with Gasteiger partial charge in [0.15, 0.2) is 0 Å². The van der Waals surface area contributed by atoms with Gasteiger partial charge in [-0.2, -0.15) is 13.2 Å². The number of nitrogen functional groups attached to an aromatic ring is 1. The highest BCUT2D eigenvalue weighted by Crippen LogP contribution is 2.33. The van der Waals surface area contributed by atoms with Gasteiger partial charge in [0, 0.05) is 30.6 Å². The lowest BCUT2D eigenvalue weighted by molar-refractivity contribution is -0.0329. The van der Waals surface area contributed by atoms with Gasteiger partial charge in [0.25, 0.3) is 0 Å². The van der Waals surface area contributed by atoms with Crippen LogP contribution in [0.3, 0.4) is 0 Å². The first-order valence-corrected chi connectivity index (χ1v) is 7.22. The van der Waals surface area contributed by atoms with Crippen LogP contribution in [0.15, 0.2) is 24.3 Å². The molecule has 0 unspecified atom stereocenters. The van der Waals surface area contributed by atoms with Crippen LogP contribution in [0.5, 0.6) is 0 Å². The second-order valence-corrected chi connectivity index (χ2v) is 5.85. The van der Waals surface area contributed by atoms with E-state index in [9.17, 15) is 13.2 Å². The molecule has 1 aliphatic rings. The van der Waals surface area contributed by atoms with Crippen LogP contribution in [0.25, 0.3) is 0 Å². The molecule has 6 heteroatoms. The molecule has 0 radical (unpaired) electrons. The summed E-state index contributed by atoms with van der Waals surface area (Å²) in [5.74, 6) is 0.0761. The van der Waals surface area contributed by atoms with Gasteiger partial charge in [-0.1, -0.05) is 18.2 Å². The molecule has 0 aromatic heterocycles. The molecule has 0 saturated heterocycles. The average molecular weight is 290 g/mol. The van der Waals surface area contributed by atoms with E-state index in [1.165, 1.54) is 0 Å². The van der Waals surface area contributed by atoms with E-state index in [2.05, 4.69) is 4.90 Å². The van der Waals surface area contributed by atoms with Gasteiger partial charge in [-0.25, -0.2) is 0 Å². The van der Waals surface area contributed by atoms with Crippen LogP contribution >= 0.6 is 11.8 Å². The molecule has 0 bridgehead atoms. The van der Waals surface area contributed by atoms with E-state index in [1.54, 1.807) is 0 Å². The Labute approximate surface area is 115 Å². The number of halogens is 3. The van der Waals surface area contributed by atoms with Crippen LogP contribution < -0.4 is 5.73 Å².